The average Bonchev–Trinajstić information content (AvgIpc) is 1.41. The number of hydrogen-bond acceptors (Lipinski definition) is 0. The van der Waals surface area contributed by atoms with E-state index in [1.807, 2.05) is 0 Å². The van der Waals surface area contributed by atoms with Crippen LogP contribution in [-0.4, -0.2) is 0 Å². The molecule has 0 N–H and O–H groups in total. The molecule has 0 aromatic heterocycles. The lowest BCUT2D eigenvalue weighted by atomic mass is 10.0. The molecule has 0 aliphatic heterocycles. The van der Waals surface area contributed by atoms with Crippen LogP contribution in [0.1, 0.15) is 91.9 Å². The van der Waals surface area contributed by atoms with Gasteiger partial charge >= 0.3 is 0 Å². The molecule has 3 aliphatic rings. The molecular weight excluding hydrogens is 168 g/mol. The molecule has 0 atom stereocenters. The Bertz CT molecular complexity index is 43.0. The molecule has 0 nitrogen and oxygen atoms in total. The highest BCUT2D eigenvalue weighted by atomic mass is 14.0. The fraction of sp³-hybridized carbons (Fsp3) is 1.00. The lowest BCUT2D eigenvalue weighted by Crippen LogP contribution is -1.85. The Morgan fingerprint density at radius 1 is 0.214 bits per heavy atom. The summed E-state index contributed by atoms with van der Waals surface area (Å²) in [7, 11) is 0. The largest absolute Gasteiger partial charge is 0.0776 e. The van der Waals surface area contributed by atoms with Crippen molar-refractivity contribution in [2.75, 3.05) is 0 Å². The third-order valence-electron chi connectivity index (χ3n) is 3.00. The van der Waals surface area contributed by atoms with Gasteiger partial charge in [0, 0.05) is 0 Å². The van der Waals surface area contributed by atoms with E-state index in [0.717, 1.165) is 0 Å². The van der Waals surface area contributed by atoms with Gasteiger partial charge in [-0.2, -0.15) is 0 Å². The van der Waals surface area contributed by atoms with Gasteiger partial charge in [-0.05, 0) is 0 Å². The lowest BCUT2D eigenvalue weighted by Gasteiger charge is -2.05. The van der Waals surface area contributed by atoms with Gasteiger partial charge in [-0.15, -0.1) is 0 Å². The van der Waals surface area contributed by atoms with Gasteiger partial charge in [-0.3, -0.25) is 0 Å². The molecule has 0 aromatic carbocycles. The zero-order valence-corrected chi connectivity index (χ0v) is 8.49. The molecule has 3 aliphatic carbocycles. The van der Waals surface area contributed by atoms with Gasteiger partial charge in [0.25, 0.3) is 0 Å². The predicted molar refractivity (Wildman–Crippen MR) is 68.9 cm³/mol. The molecule has 0 heterocycles. The summed E-state index contributed by atoms with van der Waals surface area (Å²) in [4.78, 5) is 0. The standard InChI is InChI=1S/3C4H8.2CH4/c3*1-2-4-3-1;;/h3*1-4H2;2*1H4. The topological polar surface area (TPSA) is 0 Å². The van der Waals surface area contributed by atoms with Gasteiger partial charge in [-0.25, -0.2) is 0 Å². The van der Waals surface area contributed by atoms with Gasteiger partial charge in [-0.1, -0.05) is 91.9 Å². The van der Waals surface area contributed by atoms with E-state index in [0.29, 0.717) is 0 Å². The SMILES string of the molecule is C.C.C1CCC1.C1CCC1.C1CCC1. The maximum absolute atomic E-state index is 1.50. The zero-order valence-electron chi connectivity index (χ0n) is 8.49. The Kier molecular flexibility index (Phi) is 15.3. The summed E-state index contributed by atoms with van der Waals surface area (Å²) < 4.78 is 0. The summed E-state index contributed by atoms with van der Waals surface area (Å²) in [5.41, 5.74) is 0. The van der Waals surface area contributed by atoms with Crippen LogP contribution in [0, 0.1) is 0 Å². The van der Waals surface area contributed by atoms with E-state index in [-0.39, 0.29) is 14.9 Å². The fourth-order valence-corrected chi connectivity index (χ4v) is 0.750. The maximum atomic E-state index is 1.50. The van der Waals surface area contributed by atoms with Gasteiger partial charge in [0.1, 0.15) is 0 Å². The Morgan fingerprint density at radius 2 is 0.286 bits per heavy atom. The molecule has 3 fully saturated rings. The summed E-state index contributed by atoms with van der Waals surface area (Å²) in [6.07, 6.45) is 18.0. The Labute approximate surface area is 92.5 Å². The van der Waals surface area contributed by atoms with Crippen molar-refractivity contribution in [1.82, 2.24) is 0 Å². The van der Waals surface area contributed by atoms with Crippen molar-refractivity contribution in [1.29, 1.82) is 0 Å². The van der Waals surface area contributed by atoms with Crippen LogP contribution in [0.5, 0.6) is 0 Å². The molecule has 0 radical (unpaired) electrons. The molecule has 0 unspecified atom stereocenters. The van der Waals surface area contributed by atoms with Crippen molar-refractivity contribution in [3.05, 3.63) is 0 Å². The molecule has 0 amide bonds. The van der Waals surface area contributed by atoms with E-state index in [1.54, 1.807) is 0 Å². The average molecular weight is 200 g/mol. The van der Waals surface area contributed by atoms with E-state index < -0.39 is 0 Å². The molecule has 0 aromatic rings. The molecule has 0 heteroatoms. The Balaban J connectivity index is 0. The third-order valence-corrected chi connectivity index (χ3v) is 3.00. The lowest BCUT2D eigenvalue weighted by molar-refractivity contribution is 0.504. The molecule has 0 saturated heterocycles. The molecule has 0 spiro atoms. The van der Waals surface area contributed by atoms with Crippen LogP contribution in [0.15, 0.2) is 0 Å². The molecule has 0 bridgehead atoms. The molecule has 3 rings (SSSR count). The van der Waals surface area contributed by atoms with Gasteiger partial charge in [0.2, 0.25) is 0 Å². The van der Waals surface area contributed by atoms with Crippen LogP contribution in [0.25, 0.3) is 0 Å². The highest BCUT2D eigenvalue weighted by Gasteiger charge is 1.96. The van der Waals surface area contributed by atoms with Gasteiger partial charge < -0.3 is 0 Å². The highest BCUT2D eigenvalue weighted by Crippen LogP contribution is 2.15. The van der Waals surface area contributed by atoms with Crippen molar-refractivity contribution in [2.24, 2.45) is 0 Å². The van der Waals surface area contributed by atoms with E-state index in [1.165, 1.54) is 77.0 Å². The van der Waals surface area contributed by atoms with Crippen molar-refractivity contribution in [2.45, 2.75) is 91.9 Å². The van der Waals surface area contributed by atoms with Crippen LogP contribution in [-0.2, 0) is 0 Å². The minimum atomic E-state index is 0. The van der Waals surface area contributed by atoms with Gasteiger partial charge in [0.15, 0.2) is 0 Å². The number of rotatable bonds is 0. The summed E-state index contributed by atoms with van der Waals surface area (Å²) in [5, 5.41) is 0. The van der Waals surface area contributed by atoms with Crippen LogP contribution >= 0.6 is 0 Å². The van der Waals surface area contributed by atoms with Crippen molar-refractivity contribution in [3.8, 4) is 0 Å². The second kappa shape index (κ2) is 13.0. The summed E-state index contributed by atoms with van der Waals surface area (Å²) in [6, 6.07) is 0. The third kappa shape index (κ3) is 10.1. The summed E-state index contributed by atoms with van der Waals surface area (Å²) >= 11 is 0. The quantitative estimate of drug-likeness (QED) is 0.453. The van der Waals surface area contributed by atoms with E-state index in [9.17, 15) is 0 Å². The van der Waals surface area contributed by atoms with E-state index in [2.05, 4.69) is 0 Å². The van der Waals surface area contributed by atoms with Crippen molar-refractivity contribution in [3.63, 3.8) is 0 Å². The molecule has 3 saturated carbocycles. The van der Waals surface area contributed by atoms with Crippen molar-refractivity contribution >= 4 is 0 Å². The second-order valence-corrected chi connectivity index (χ2v) is 4.24. The molecule has 14 heavy (non-hydrogen) atoms. The summed E-state index contributed by atoms with van der Waals surface area (Å²) in [5.74, 6) is 0. The highest BCUT2D eigenvalue weighted by molar-refractivity contribution is 4.51. The Morgan fingerprint density at radius 3 is 0.286 bits per heavy atom. The number of hydrogen-bond donors (Lipinski definition) is 0. The fourth-order valence-electron chi connectivity index (χ4n) is 0.750. The predicted octanol–water partition coefficient (Wildman–Crippen LogP) is 5.95. The first-order valence-corrected chi connectivity index (χ1v) is 6.00. The van der Waals surface area contributed by atoms with Crippen LogP contribution in [0.4, 0.5) is 0 Å². The zero-order chi connectivity index (χ0) is 8.49. The normalized spacial score (nSPS) is 20.6. The minimum absolute atomic E-state index is 0. The molecule has 88 valence electrons. The smallest absolute Gasteiger partial charge is 0.0533 e. The maximum Gasteiger partial charge on any atom is -0.0533 e. The van der Waals surface area contributed by atoms with Crippen LogP contribution in [0.2, 0.25) is 0 Å². The van der Waals surface area contributed by atoms with E-state index in [4.69, 9.17) is 0 Å². The first kappa shape index (κ1) is 16.4. The van der Waals surface area contributed by atoms with Crippen molar-refractivity contribution < 1.29 is 0 Å². The Hall–Kier alpha value is 0. The minimum Gasteiger partial charge on any atom is -0.0776 e. The second-order valence-electron chi connectivity index (χ2n) is 4.24. The monoisotopic (exact) mass is 200 g/mol. The summed E-state index contributed by atoms with van der Waals surface area (Å²) in [6.45, 7) is 0. The van der Waals surface area contributed by atoms with Crippen LogP contribution < -0.4 is 0 Å². The van der Waals surface area contributed by atoms with Gasteiger partial charge in [0.05, 0.1) is 0 Å². The van der Waals surface area contributed by atoms with Crippen LogP contribution in [0.3, 0.4) is 0 Å². The molecular formula is C14H32. The first-order chi connectivity index (χ1) is 6.00. The first-order valence-electron chi connectivity index (χ1n) is 6.00. The van der Waals surface area contributed by atoms with E-state index >= 15 is 0 Å².